The van der Waals surface area contributed by atoms with E-state index in [2.05, 4.69) is 5.32 Å². The van der Waals surface area contributed by atoms with Crippen LogP contribution in [-0.2, 0) is 4.79 Å². The molecule has 0 atom stereocenters. The lowest BCUT2D eigenvalue weighted by molar-refractivity contribution is -0.118. The highest BCUT2D eigenvalue weighted by Gasteiger charge is 2.29. The van der Waals surface area contributed by atoms with E-state index in [0.29, 0.717) is 42.9 Å². The molecule has 27 heavy (non-hydrogen) atoms. The lowest BCUT2D eigenvalue weighted by atomic mass is 9.88. The molecule has 0 unspecified atom stereocenters. The monoisotopic (exact) mass is 364 g/mol. The molecule has 0 aromatic heterocycles. The Balaban J connectivity index is 1.40. The summed E-state index contributed by atoms with van der Waals surface area (Å²) in [5, 5.41) is 2.71. The minimum atomic E-state index is -0.202. The number of nitrogens with one attached hydrogen (secondary N) is 1. The zero-order valence-electron chi connectivity index (χ0n) is 14.8. The molecule has 0 bridgehead atoms. The van der Waals surface area contributed by atoms with E-state index >= 15 is 0 Å². The molecule has 2 heterocycles. The van der Waals surface area contributed by atoms with Gasteiger partial charge in [-0.1, -0.05) is 30.3 Å². The van der Waals surface area contributed by atoms with Crippen LogP contribution < -0.4 is 10.1 Å². The molecule has 0 aliphatic carbocycles. The maximum absolute atomic E-state index is 12.8. The maximum Gasteiger partial charge on any atom is 0.262 e. The van der Waals surface area contributed by atoms with E-state index in [1.54, 1.807) is 23.1 Å². The minimum Gasteiger partial charge on any atom is -0.482 e. The first-order valence-corrected chi connectivity index (χ1v) is 9.07. The molecule has 0 spiro atoms. The first-order valence-electron chi connectivity index (χ1n) is 9.07. The normalized spacial score (nSPS) is 16.9. The summed E-state index contributed by atoms with van der Waals surface area (Å²) in [5.41, 5.74) is 1.84. The van der Waals surface area contributed by atoms with Crippen LogP contribution in [0, 0.1) is 5.92 Å². The van der Waals surface area contributed by atoms with Gasteiger partial charge in [0.15, 0.2) is 12.4 Å². The average molecular weight is 364 g/mol. The van der Waals surface area contributed by atoms with Crippen LogP contribution in [0.4, 0.5) is 5.69 Å². The largest absolute Gasteiger partial charge is 0.482 e. The summed E-state index contributed by atoms with van der Waals surface area (Å²) in [6, 6.07) is 14.4. The second-order valence-electron chi connectivity index (χ2n) is 6.84. The van der Waals surface area contributed by atoms with Crippen molar-refractivity contribution < 1.29 is 19.1 Å². The highest BCUT2D eigenvalue weighted by atomic mass is 16.5. The van der Waals surface area contributed by atoms with Crippen LogP contribution in [0.25, 0.3) is 0 Å². The molecule has 1 saturated heterocycles. The summed E-state index contributed by atoms with van der Waals surface area (Å²) in [6.07, 6.45) is 1.33. The van der Waals surface area contributed by atoms with Crippen LogP contribution in [0.5, 0.6) is 5.75 Å². The van der Waals surface area contributed by atoms with Crippen LogP contribution in [0.3, 0.4) is 0 Å². The first kappa shape index (κ1) is 17.3. The van der Waals surface area contributed by atoms with E-state index < -0.39 is 0 Å². The topological polar surface area (TPSA) is 75.7 Å². The molecule has 2 amide bonds. The molecule has 0 saturated carbocycles. The van der Waals surface area contributed by atoms with Crippen molar-refractivity contribution >= 4 is 23.3 Å². The van der Waals surface area contributed by atoms with Gasteiger partial charge in [-0.15, -0.1) is 0 Å². The van der Waals surface area contributed by atoms with Gasteiger partial charge < -0.3 is 15.0 Å². The molecule has 0 radical (unpaired) electrons. The highest BCUT2D eigenvalue weighted by molar-refractivity contribution is 6.00. The van der Waals surface area contributed by atoms with Crippen molar-refractivity contribution in [3.63, 3.8) is 0 Å². The molecule has 6 heteroatoms. The van der Waals surface area contributed by atoms with Gasteiger partial charge in [-0.05, 0) is 31.0 Å². The number of amides is 2. The molecule has 1 fully saturated rings. The number of benzene rings is 2. The third-order valence-corrected chi connectivity index (χ3v) is 5.07. The quantitative estimate of drug-likeness (QED) is 0.850. The van der Waals surface area contributed by atoms with Crippen molar-refractivity contribution in [2.75, 3.05) is 25.0 Å². The van der Waals surface area contributed by atoms with E-state index in [1.807, 2.05) is 30.3 Å². The number of nitrogens with zero attached hydrogens (tertiary/aromatic N) is 1. The average Bonchev–Trinajstić information content (AvgIpc) is 2.73. The summed E-state index contributed by atoms with van der Waals surface area (Å²) in [5.74, 6) is 0.337. The number of rotatable bonds is 3. The van der Waals surface area contributed by atoms with Gasteiger partial charge in [-0.3, -0.25) is 14.4 Å². The Morgan fingerprint density at radius 1 is 1.00 bits per heavy atom. The fraction of sp³-hybridized carbons (Fsp3) is 0.286. The van der Waals surface area contributed by atoms with Gasteiger partial charge in [0, 0.05) is 30.1 Å². The SMILES string of the molecule is O=C1COc2cc(C(=O)N3CCC(C(=O)c4ccccc4)CC3)ccc2N1. The summed E-state index contributed by atoms with van der Waals surface area (Å²) in [4.78, 5) is 38.5. The van der Waals surface area contributed by atoms with E-state index in [0.717, 1.165) is 5.56 Å². The molecule has 2 aliphatic rings. The van der Waals surface area contributed by atoms with E-state index in [1.165, 1.54) is 0 Å². The molecule has 6 nitrogen and oxygen atoms in total. The van der Waals surface area contributed by atoms with Crippen LogP contribution in [-0.4, -0.2) is 42.2 Å². The molecule has 2 aromatic carbocycles. The van der Waals surface area contributed by atoms with Crippen LogP contribution in [0.15, 0.2) is 48.5 Å². The molecule has 2 aliphatic heterocycles. The number of piperidine rings is 1. The number of anilines is 1. The number of likely N-dealkylation sites (tertiary alicyclic amines) is 1. The fourth-order valence-corrected chi connectivity index (χ4v) is 3.57. The Bertz CT molecular complexity index is 886. The maximum atomic E-state index is 12.8. The smallest absolute Gasteiger partial charge is 0.262 e. The first-order chi connectivity index (χ1) is 13.1. The molecular formula is C21H20N2O4. The van der Waals surface area contributed by atoms with Gasteiger partial charge in [-0.2, -0.15) is 0 Å². The predicted octanol–water partition coefficient (Wildman–Crippen LogP) is 2.75. The fourth-order valence-electron chi connectivity index (χ4n) is 3.57. The van der Waals surface area contributed by atoms with E-state index in [9.17, 15) is 14.4 Å². The summed E-state index contributed by atoms with van der Waals surface area (Å²) < 4.78 is 5.38. The Kier molecular flexibility index (Phi) is 4.62. The Hall–Kier alpha value is -3.15. The number of hydrogen-bond acceptors (Lipinski definition) is 4. The predicted molar refractivity (Wildman–Crippen MR) is 100.0 cm³/mol. The molecule has 138 valence electrons. The van der Waals surface area contributed by atoms with Crippen molar-refractivity contribution in [2.24, 2.45) is 5.92 Å². The highest BCUT2D eigenvalue weighted by Crippen LogP contribution is 2.30. The van der Waals surface area contributed by atoms with Crippen molar-refractivity contribution in [1.82, 2.24) is 4.90 Å². The number of fused-ring (bicyclic) bond motifs is 1. The zero-order chi connectivity index (χ0) is 18.8. The Labute approximate surface area is 157 Å². The van der Waals surface area contributed by atoms with Crippen molar-refractivity contribution in [1.29, 1.82) is 0 Å². The van der Waals surface area contributed by atoms with Crippen molar-refractivity contribution in [3.05, 3.63) is 59.7 Å². The molecule has 1 N–H and O–H groups in total. The van der Waals surface area contributed by atoms with Crippen molar-refractivity contribution in [2.45, 2.75) is 12.8 Å². The zero-order valence-corrected chi connectivity index (χ0v) is 14.8. The molecule has 4 rings (SSSR count). The van der Waals surface area contributed by atoms with Crippen molar-refractivity contribution in [3.8, 4) is 5.75 Å². The van der Waals surface area contributed by atoms with E-state index in [4.69, 9.17) is 4.74 Å². The van der Waals surface area contributed by atoms with Gasteiger partial charge in [-0.25, -0.2) is 0 Å². The number of ether oxygens (including phenoxy) is 1. The van der Waals surface area contributed by atoms with Crippen LogP contribution in [0.1, 0.15) is 33.6 Å². The lowest BCUT2D eigenvalue weighted by Gasteiger charge is -2.31. The summed E-state index contributed by atoms with van der Waals surface area (Å²) in [6.45, 7) is 1.06. The minimum absolute atomic E-state index is 0.0430. The number of carbonyl (C=O) groups excluding carboxylic acids is 3. The molecule has 2 aromatic rings. The number of ketones is 1. The Morgan fingerprint density at radius 2 is 1.74 bits per heavy atom. The van der Waals surface area contributed by atoms with Gasteiger partial charge in [0.05, 0.1) is 5.69 Å². The number of hydrogen-bond donors (Lipinski definition) is 1. The third kappa shape index (κ3) is 3.56. The van der Waals surface area contributed by atoms with Gasteiger partial charge in [0.1, 0.15) is 5.75 Å². The van der Waals surface area contributed by atoms with E-state index in [-0.39, 0.29) is 30.1 Å². The standard InChI is InChI=1S/C21H20N2O4/c24-19-13-27-18-12-16(6-7-17(18)22-19)21(26)23-10-8-15(9-11-23)20(25)14-4-2-1-3-5-14/h1-7,12,15H,8-11,13H2,(H,22,24). The van der Waals surface area contributed by atoms with Crippen LogP contribution in [0.2, 0.25) is 0 Å². The molecular weight excluding hydrogens is 344 g/mol. The lowest BCUT2D eigenvalue weighted by Crippen LogP contribution is -2.40. The van der Waals surface area contributed by atoms with Gasteiger partial charge in [0.2, 0.25) is 0 Å². The Morgan fingerprint density at radius 3 is 2.48 bits per heavy atom. The van der Waals surface area contributed by atoms with Gasteiger partial charge >= 0.3 is 0 Å². The van der Waals surface area contributed by atoms with Gasteiger partial charge in [0.25, 0.3) is 11.8 Å². The summed E-state index contributed by atoms with van der Waals surface area (Å²) >= 11 is 0. The number of carbonyl (C=O) groups is 3. The number of Topliss-reactive ketones (excluding diaryl/α,β-unsaturated/α-hetero) is 1. The second-order valence-corrected chi connectivity index (χ2v) is 6.84. The summed E-state index contributed by atoms with van der Waals surface area (Å²) in [7, 11) is 0. The second kappa shape index (κ2) is 7.23. The van der Waals surface area contributed by atoms with Crippen LogP contribution >= 0.6 is 0 Å². The third-order valence-electron chi connectivity index (χ3n) is 5.07.